The highest BCUT2D eigenvalue weighted by molar-refractivity contribution is 5.68. The van der Waals surface area contributed by atoms with Crippen molar-refractivity contribution in [1.82, 2.24) is 10.2 Å². The molecular weight excluding hydrogens is 280 g/mol. The van der Waals surface area contributed by atoms with Crippen LogP contribution in [0.15, 0.2) is 12.2 Å². The largest absolute Gasteiger partial charge is 0.444 e. The highest BCUT2D eigenvalue weighted by atomic mass is 16.6. The second-order valence-corrected chi connectivity index (χ2v) is 7.26. The van der Waals surface area contributed by atoms with Crippen LogP contribution in [0.25, 0.3) is 0 Å². The van der Waals surface area contributed by atoms with Crippen molar-refractivity contribution in [2.24, 2.45) is 11.8 Å². The van der Waals surface area contributed by atoms with Crippen molar-refractivity contribution in [3.05, 3.63) is 12.2 Å². The molecule has 0 aliphatic heterocycles. The molecule has 1 amide bonds. The Bertz CT molecular complexity index is 403. The van der Waals surface area contributed by atoms with Crippen LogP contribution in [0.1, 0.15) is 33.6 Å². The summed E-state index contributed by atoms with van der Waals surface area (Å²) in [4.78, 5) is 13.9. The smallest absolute Gasteiger partial charge is 0.410 e. The third kappa shape index (κ3) is 4.71. The zero-order chi connectivity index (χ0) is 16.2. The molecule has 5 heteroatoms. The fourth-order valence-corrected chi connectivity index (χ4v) is 3.15. The van der Waals surface area contributed by atoms with Gasteiger partial charge in [-0.1, -0.05) is 12.2 Å². The van der Waals surface area contributed by atoms with Crippen molar-refractivity contribution >= 4 is 6.09 Å². The Labute approximate surface area is 134 Å². The molecule has 5 nitrogen and oxygen atoms in total. The molecule has 0 radical (unpaired) electrons. The van der Waals surface area contributed by atoms with Crippen LogP contribution in [0.5, 0.6) is 0 Å². The van der Waals surface area contributed by atoms with Crippen LogP contribution in [0.3, 0.4) is 0 Å². The maximum atomic E-state index is 12.2. The van der Waals surface area contributed by atoms with E-state index in [2.05, 4.69) is 17.5 Å². The summed E-state index contributed by atoms with van der Waals surface area (Å²) in [5.74, 6) is 1.56. The van der Waals surface area contributed by atoms with Crippen LogP contribution in [-0.2, 0) is 9.47 Å². The number of methoxy groups -OCH3 is 1. The second-order valence-electron chi connectivity index (χ2n) is 7.26. The quantitative estimate of drug-likeness (QED) is 0.734. The van der Waals surface area contributed by atoms with Crippen molar-refractivity contribution < 1.29 is 14.3 Å². The van der Waals surface area contributed by atoms with E-state index in [0.717, 1.165) is 12.5 Å². The van der Waals surface area contributed by atoms with E-state index in [0.29, 0.717) is 31.7 Å². The molecule has 126 valence electrons. The Morgan fingerprint density at radius 3 is 2.77 bits per heavy atom. The fourth-order valence-electron chi connectivity index (χ4n) is 3.15. The molecule has 0 aromatic rings. The lowest BCUT2D eigenvalue weighted by molar-refractivity contribution is 0.0197. The molecule has 3 unspecified atom stereocenters. The number of ether oxygens (including phenoxy) is 2. The molecular formula is C17H30N2O3. The molecule has 22 heavy (non-hydrogen) atoms. The van der Waals surface area contributed by atoms with Gasteiger partial charge in [0.05, 0.1) is 6.61 Å². The molecule has 2 rings (SSSR count). The SMILES string of the molecule is COCCN(CCNC1CC2CC=CC21)C(=O)OC(C)(C)C. The summed E-state index contributed by atoms with van der Waals surface area (Å²) in [6, 6.07) is 0.576. The van der Waals surface area contributed by atoms with Crippen LogP contribution in [0, 0.1) is 11.8 Å². The number of carbonyl (C=O) groups is 1. The topological polar surface area (TPSA) is 50.8 Å². The van der Waals surface area contributed by atoms with Crippen LogP contribution in [-0.4, -0.2) is 56.0 Å². The van der Waals surface area contributed by atoms with Crippen LogP contribution in [0.4, 0.5) is 4.79 Å². The Kier molecular flexibility index (Phi) is 5.87. The van der Waals surface area contributed by atoms with E-state index in [1.54, 1.807) is 12.0 Å². The number of nitrogens with zero attached hydrogens (tertiary/aromatic N) is 1. The molecule has 1 fully saturated rings. The molecule has 0 aromatic carbocycles. The third-order valence-corrected chi connectivity index (χ3v) is 4.37. The summed E-state index contributed by atoms with van der Waals surface area (Å²) in [5, 5.41) is 3.57. The monoisotopic (exact) mass is 310 g/mol. The summed E-state index contributed by atoms with van der Waals surface area (Å²) in [5.41, 5.74) is -0.467. The molecule has 3 atom stereocenters. The Balaban J connectivity index is 1.74. The van der Waals surface area contributed by atoms with Crippen LogP contribution < -0.4 is 5.32 Å². The van der Waals surface area contributed by atoms with Gasteiger partial charge in [-0.15, -0.1) is 0 Å². The molecule has 2 aliphatic carbocycles. The van der Waals surface area contributed by atoms with Crippen LogP contribution >= 0.6 is 0 Å². The number of nitrogens with one attached hydrogen (secondary N) is 1. The normalized spacial score (nSPS) is 26.5. The first kappa shape index (κ1) is 17.3. The predicted octanol–water partition coefficient (Wildman–Crippen LogP) is 2.42. The van der Waals surface area contributed by atoms with Gasteiger partial charge in [0.1, 0.15) is 5.60 Å². The van der Waals surface area contributed by atoms with Crippen molar-refractivity contribution in [2.45, 2.75) is 45.3 Å². The van der Waals surface area contributed by atoms with E-state index in [1.807, 2.05) is 20.8 Å². The Morgan fingerprint density at radius 1 is 1.36 bits per heavy atom. The van der Waals surface area contributed by atoms with E-state index >= 15 is 0 Å². The van der Waals surface area contributed by atoms with E-state index in [9.17, 15) is 4.79 Å². The number of amides is 1. The van der Waals surface area contributed by atoms with Gasteiger partial charge in [0.15, 0.2) is 0 Å². The van der Waals surface area contributed by atoms with Gasteiger partial charge in [0.25, 0.3) is 0 Å². The molecule has 1 saturated carbocycles. The highest BCUT2D eigenvalue weighted by Gasteiger charge is 2.40. The molecule has 0 saturated heterocycles. The lowest BCUT2D eigenvalue weighted by Gasteiger charge is -2.41. The number of hydrogen-bond acceptors (Lipinski definition) is 4. The van der Waals surface area contributed by atoms with Gasteiger partial charge < -0.3 is 19.7 Å². The summed E-state index contributed by atoms with van der Waals surface area (Å²) in [6.07, 6.45) is 6.85. The van der Waals surface area contributed by atoms with Crippen molar-refractivity contribution in [3.8, 4) is 0 Å². The van der Waals surface area contributed by atoms with Gasteiger partial charge in [0, 0.05) is 32.8 Å². The number of carbonyl (C=O) groups excluding carboxylic acids is 1. The van der Waals surface area contributed by atoms with E-state index in [4.69, 9.17) is 9.47 Å². The van der Waals surface area contributed by atoms with E-state index in [1.165, 1.54) is 12.8 Å². The molecule has 1 N–H and O–H groups in total. The average molecular weight is 310 g/mol. The minimum atomic E-state index is -0.467. The minimum Gasteiger partial charge on any atom is -0.444 e. The number of allylic oxidation sites excluding steroid dienone is 1. The summed E-state index contributed by atoms with van der Waals surface area (Å²) >= 11 is 0. The molecule has 2 aliphatic rings. The standard InChI is InChI=1S/C17H30N2O3/c1-17(2,3)22-16(20)19(10-11-21-4)9-8-18-15-12-13-6-5-7-14(13)15/h5,7,13-15,18H,6,8-12H2,1-4H3. The Hall–Kier alpha value is -1.07. The number of hydrogen-bond donors (Lipinski definition) is 1. The minimum absolute atomic E-state index is 0.265. The second kappa shape index (κ2) is 7.47. The van der Waals surface area contributed by atoms with Crippen molar-refractivity contribution in [2.75, 3.05) is 33.4 Å². The van der Waals surface area contributed by atoms with Crippen LogP contribution in [0.2, 0.25) is 0 Å². The summed E-state index contributed by atoms with van der Waals surface area (Å²) in [7, 11) is 1.65. The third-order valence-electron chi connectivity index (χ3n) is 4.37. The van der Waals surface area contributed by atoms with Crippen molar-refractivity contribution in [1.29, 1.82) is 0 Å². The zero-order valence-electron chi connectivity index (χ0n) is 14.3. The highest BCUT2D eigenvalue weighted by Crippen LogP contribution is 2.42. The summed E-state index contributed by atoms with van der Waals surface area (Å²) < 4.78 is 10.5. The van der Waals surface area contributed by atoms with Gasteiger partial charge in [-0.2, -0.15) is 0 Å². The zero-order valence-corrected chi connectivity index (χ0v) is 14.3. The van der Waals surface area contributed by atoms with E-state index < -0.39 is 5.60 Å². The summed E-state index contributed by atoms with van der Waals surface area (Å²) in [6.45, 7) is 8.19. The van der Waals surface area contributed by atoms with Gasteiger partial charge in [-0.05, 0) is 45.4 Å². The first-order valence-corrected chi connectivity index (χ1v) is 8.27. The van der Waals surface area contributed by atoms with Crippen molar-refractivity contribution in [3.63, 3.8) is 0 Å². The lowest BCUT2D eigenvalue weighted by atomic mass is 9.71. The molecule has 0 aromatic heterocycles. The fraction of sp³-hybridized carbons (Fsp3) is 0.824. The van der Waals surface area contributed by atoms with Gasteiger partial charge in [-0.25, -0.2) is 4.79 Å². The number of rotatable bonds is 7. The first-order valence-electron chi connectivity index (χ1n) is 8.27. The molecule has 0 spiro atoms. The maximum absolute atomic E-state index is 12.2. The molecule has 0 bridgehead atoms. The average Bonchev–Trinajstić information content (AvgIpc) is 2.77. The van der Waals surface area contributed by atoms with Gasteiger partial charge >= 0.3 is 6.09 Å². The Morgan fingerprint density at radius 2 is 2.14 bits per heavy atom. The van der Waals surface area contributed by atoms with E-state index in [-0.39, 0.29) is 6.09 Å². The predicted molar refractivity (Wildman–Crippen MR) is 86.8 cm³/mol. The maximum Gasteiger partial charge on any atom is 0.410 e. The van der Waals surface area contributed by atoms with Gasteiger partial charge in [-0.3, -0.25) is 0 Å². The number of fused-ring (bicyclic) bond motifs is 1. The van der Waals surface area contributed by atoms with Gasteiger partial charge in [0.2, 0.25) is 0 Å². The lowest BCUT2D eigenvalue weighted by Crippen LogP contribution is -2.50. The first-order chi connectivity index (χ1) is 10.4. The molecule has 0 heterocycles.